The van der Waals surface area contributed by atoms with Gasteiger partial charge in [0.15, 0.2) is 5.65 Å². The second kappa shape index (κ2) is 6.06. The molecule has 0 radical (unpaired) electrons. The van der Waals surface area contributed by atoms with Gasteiger partial charge in [0.1, 0.15) is 5.52 Å². The third-order valence-electron chi connectivity index (χ3n) is 3.25. The van der Waals surface area contributed by atoms with Crippen molar-refractivity contribution in [1.29, 1.82) is 0 Å². The molecular formula is C12H16ClN5O2. The molecule has 108 valence electrons. The van der Waals surface area contributed by atoms with Crippen molar-refractivity contribution in [1.82, 2.24) is 20.1 Å². The van der Waals surface area contributed by atoms with Gasteiger partial charge in [0, 0.05) is 17.8 Å². The van der Waals surface area contributed by atoms with E-state index in [-0.39, 0.29) is 12.1 Å². The van der Waals surface area contributed by atoms with Crippen LogP contribution in [0.3, 0.4) is 0 Å². The monoisotopic (exact) mass is 297 g/mol. The first-order valence-electron chi connectivity index (χ1n) is 6.31. The fraction of sp³-hybridized carbons (Fsp3) is 0.417. The van der Waals surface area contributed by atoms with Crippen LogP contribution < -0.4 is 5.59 Å². The van der Waals surface area contributed by atoms with E-state index in [1.54, 1.807) is 10.2 Å². The van der Waals surface area contributed by atoms with E-state index >= 15 is 0 Å². The Morgan fingerprint density at radius 3 is 2.80 bits per heavy atom. The van der Waals surface area contributed by atoms with Crippen LogP contribution in [0.15, 0.2) is 11.3 Å². The fourth-order valence-corrected chi connectivity index (χ4v) is 2.45. The van der Waals surface area contributed by atoms with E-state index in [4.69, 9.17) is 16.8 Å². The molecule has 0 saturated heterocycles. The van der Waals surface area contributed by atoms with Gasteiger partial charge in [-0.1, -0.05) is 25.4 Å². The molecule has 2 rings (SSSR count). The largest absolute Gasteiger partial charge is 0.480 e. The molecule has 2 heterocycles. The van der Waals surface area contributed by atoms with E-state index in [9.17, 15) is 5.11 Å². The highest BCUT2D eigenvalue weighted by Crippen LogP contribution is 2.32. The summed E-state index contributed by atoms with van der Waals surface area (Å²) in [7, 11) is 0. The number of hydrogen-bond donors (Lipinski definition) is 3. The molecule has 2 aromatic heterocycles. The summed E-state index contributed by atoms with van der Waals surface area (Å²) in [6.07, 6.45) is 4.46. The van der Waals surface area contributed by atoms with E-state index in [2.05, 4.69) is 15.1 Å². The van der Waals surface area contributed by atoms with Crippen LogP contribution in [-0.2, 0) is 0 Å². The molecule has 0 spiro atoms. The summed E-state index contributed by atoms with van der Waals surface area (Å²) in [6.45, 7) is 4.06. The lowest BCUT2D eigenvalue weighted by atomic mass is 10.1. The zero-order chi connectivity index (χ0) is 14.7. The van der Waals surface area contributed by atoms with Crippen LogP contribution in [0.1, 0.15) is 38.3 Å². The number of fused-ring (bicyclic) bond motifs is 1. The SMILES string of the molecule is CCC(CC)n1c(O)nc2ncc(Cl)c(C=NNO)c21. The van der Waals surface area contributed by atoms with Gasteiger partial charge in [-0.05, 0) is 12.8 Å². The molecular weight excluding hydrogens is 282 g/mol. The predicted molar refractivity (Wildman–Crippen MR) is 76.3 cm³/mol. The lowest BCUT2D eigenvalue weighted by molar-refractivity contribution is 0.173. The number of aromatic hydroxyl groups is 1. The van der Waals surface area contributed by atoms with Crippen molar-refractivity contribution < 1.29 is 10.3 Å². The minimum Gasteiger partial charge on any atom is -0.480 e. The molecule has 0 amide bonds. The van der Waals surface area contributed by atoms with Gasteiger partial charge in [0.05, 0.1) is 11.2 Å². The number of imidazole rings is 1. The normalized spacial score (nSPS) is 11.8. The molecule has 0 fully saturated rings. The number of hydrazone groups is 1. The van der Waals surface area contributed by atoms with E-state index in [0.717, 1.165) is 12.8 Å². The smallest absolute Gasteiger partial charge is 0.296 e. The zero-order valence-corrected chi connectivity index (χ0v) is 12.0. The number of hydrogen-bond acceptors (Lipinski definition) is 6. The van der Waals surface area contributed by atoms with Gasteiger partial charge in [-0.3, -0.25) is 9.77 Å². The molecule has 0 atom stereocenters. The topological polar surface area (TPSA) is 95.6 Å². The Kier molecular flexibility index (Phi) is 4.41. The number of aromatic nitrogens is 3. The van der Waals surface area contributed by atoms with Crippen LogP contribution >= 0.6 is 11.6 Å². The third kappa shape index (κ3) is 2.41. The fourth-order valence-electron chi connectivity index (χ4n) is 2.27. The first-order chi connectivity index (χ1) is 9.63. The van der Waals surface area contributed by atoms with E-state index in [0.29, 0.717) is 21.7 Å². The second-order valence-corrected chi connectivity index (χ2v) is 4.71. The molecule has 0 bridgehead atoms. The second-order valence-electron chi connectivity index (χ2n) is 4.30. The summed E-state index contributed by atoms with van der Waals surface area (Å²) in [6, 6.07) is -0.0235. The Morgan fingerprint density at radius 1 is 1.50 bits per heavy atom. The number of rotatable bonds is 5. The predicted octanol–water partition coefficient (Wildman–Crippen LogP) is 2.46. The Balaban J connectivity index is 2.76. The number of nitrogens with zero attached hydrogens (tertiary/aromatic N) is 4. The molecule has 20 heavy (non-hydrogen) atoms. The van der Waals surface area contributed by atoms with Gasteiger partial charge in [-0.15, -0.1) is 0 Å². The quantitative estimate of drug-likeness (QED) is 0.582. The molecule has 0 saturated carbocycles. The average molecular weight is 298 g/mol. The van der Waals surface area contributed by atoms with Crippen LogP contribution in [0.4, 0.5) is 0 Å². The Bertz CT molecular complexity index is 636. The lowest BCUT2D eigenvalue weighted by Crippen LogP contribution is -2.08. The maximum Gasteiger partial charge on any atom is 0.296 e. The molecule has 0 aromatic carbocycles. The van der Waals surface area contributed by atoms with Crippen LogP contribution in [0.2, 0.25) is 5.02 Å². The van der Waals surface area contributed by atoms with Crippen LogP contribution in [0.5, 0.6) is 6.01 Å². The van der Waals surface area contributed by atoms with Crippen LogP contribution in [0.25, 0.3) is 11.2 Å². The maximum atomic E-state index is 10.1. The van der Waals surface area contributed by atoms with Crippen molar-refractivity contribution in [2.45, 2.75) is 32.7 Å². The minimum absolute atomic E-state index is 0.0782. The maximum absolute atomic E-state index is 10.1. The van der Waals surface area contributed by atoms with Crippen LogP contribution in [0, 0.1) is 0 Å². The van der Waals surface area contributed by atoms with Gasteiger partial charge < -0.3 is 5.11 Å². The van der Waals surface area contributed by atoms with Gasteiger partial charge in [-0.2, -0.15) is 15.7 Å². The van der Waals surface area contributed by atoms with Gasteiger partial charge in [0.2, 0.25) is 0 Å². The summed E-state index contributed by atoms with van der Waals surface area (Å²) in [5, 5.41) is 22.6. The highest BCUT2D eigenvalue weighted by atomic mass is 35.5. The van der Waals surface area contributed by atoms with E-state index in [1.807, 2.05) is 13.8 Å². The molecule has 0 aliphatic rings. The molecule has 0 aliphatic carbocycles. The number of halogens is 1. The van der Waals surface area contributed by atoms with Crippen LogP contribution in [-0.4, -0.2) is 31.1 Å². The molecule has 0 unspecified atom stereocenters. The standard InChI is InChI=1S/C12H16ClN5O2/c1-3-7(4-2)18-10-8(5-15-17-20)9(13)6-14-11(10)16-12(18)19/h5-7,17,20H,3-4H2,1-2H3,(H,14,16,19). The van der Waals surface area contributed by atoms with Crippen molar-refractivity contribution in [2.24, 2.45) is 5.10 Å². The van der Waals surface area contributed by atoms with Crippen molar-refractivity contribution in [2.75, 3.05) is 0 Å². The Morgan fingerprint density at radius 2 is 2.20 bits per heavy atom. The number of nitrogens with one attached hydrogen (secondary N) is 1. The highest BCUT2D eigenvalue weighted by Gasteiger charge is 2.20. The highest BCUT2D eigenvalue weighted by molar-refractivity contribution is 6.34. The minimum atomic E-state index is -0.102. The van der Waals surface area contributed by atoms with Gasteiger partial charge >= 0.3 is 0 Å². The molecule has 3 N–H and O–H groups in total. The van der Waals surface area contributed by atoms with Crippen molar-refractivity contribution >= 4 is 29.0 Å². The third-order valence-corrected chi connectivity index (χ3v) is 3.55. The first kappa shape index (κ1) is 14.5. The zero-order valence-electron chi connectivity index (χ0n) is 11.2. The van der Waals surface area contributed by atoms with E-state index in [1.165, 1.54) is 12.4 Å². The van der Waals surface area contributed by atoms with Crippen molar-refractivity contribution in [3.63, 3.8) is 0 Å². The Hall–Kier alpha value is -1.86. The summed E-state index contributed by atoms with van der Waals surface area (Å²) >= 11 is 6.13. The van der Waals surface area contributed by atoms with Crippen molar-refractivity contribution in [3.8, 4) is 6.01 Å². The van der Waals surface area contributed by atoms with Gasteiger partial charge in [0.25, 0.3) is 6.01 Å². The first-order valence-corrected chi connectivity index (χ1v) is 6.69. The molecule has 0 aliphatic heterocycles. The van der Waals surface area contributed by atoms with E-state index < -0.39 is 0 Å². The summed E-state index contributed by atoms with van der Waals surface area (Å²) in [4.78, 5) is 8.16. The van der Waals surface area contributed by atoms with Gasteiger partial charge in [-0.25, -0.2) is 4.98 Å². The molecule has 2 aromatic rings. The number of pyridine rings is 1. The molecule has 7 nitrogen and oxygen atoms in total. The summed E-state index contributed by atoms with van der Waals surface area (Å²) in [5.74, 6) is 0. The summed E-state index contributed by atoms with van der Waals surface area (Å²) < 4.78 is 1.70. The van der Waals surface area contributed by atoms with Crippen molar-refractivity contribution in [3.05, 3.63) is 16.8 Å². The summed E-state index contributed by atoms with van der Waals surface area (Å²) in [5.41, 5.74) is 3.22. The molecule has 8 heteroatoms. The lowest BCUT2D eigenvalue weighted by Gasteiger charge is -2.17. The Labute approximate surface area is 120 Å². The average Bonchev–Trinajstić information content (AvgIpc) is 2.77.